The molecule has 1 aromatic rings. The van der Waals surface area contributed by atoms with Crippen molar-refractivity contribution in [3.8, 4) is 0 Å². The second kappa shape index (κ2) is 7.17. The number of piperidine rings is 1. The van der Waals surface area contributed by atoms with Crippen molar-refractivity contribution in [2.75, 3.05) is 43.1 Å². The second-order valence-corrected chi connectivity index (χ2v) is 7.05. The third-order valence-electron chi connectivity index (χ3n) is 5.45. The van der Waals surface area contributed by atoms with Gasteiger partial charge in [-0.1, -0.05) is 0 Å². The van der Waals surface area contributed by atoms with Crippen molar-refractivity contribution in [2.24, 2.45) is 0 Å². The molecule has 4 rings (SSSR count). The molecule has 1 N–H and O–H groups in total. The molecule has 136 valence electrons. The standard InChI is InChI=1S/C18H25N3O4/c22-21(23)17-4-3-16-15(5-8-19-16)18(17)20-9-6-13(7-10-20)25-12-14-2-1-11-24-14/h3-4,13-14,19H,1-2,5-12H2/t14-/m0/s1. The van der Waals surface area contributed by atoms with Crippen molar-refractivity contribution in [1.29, 1.82) is 0 Å². The van der Waals surface area contributed by atoms with Crippen LogP contribution in [0, 0.1) is 10.1 Å². The molecule has 0 unspecified atom stereocenters. The molecule has 25 heavy (non-hydrogen) atoms. The van der Waals surface area contributed by atoms with Gasteiger partial charge in [-0.2, -0.15) is 0 Å². The molecule has 0 radical (unpaired) electrons. The molecular weight excluding hydrogens is 322 g/mol. The summed E-state index contributed by atoms with van der Waals surface area (Å²) in [5.74, 6) is 0. The first-order chi connectivity index (χ1) is 12.2. The molecule has 7 heteroatoms. The van der Waals surface area contributed by atoms with Gasteiger partial charge in [0.25, 0.3) is 5.69 Å². The summed E-state index contributed by atoms with van der Waals surface area (Å²) in [4.78, 5) is 13.4. The number of anilines is 2. The van der Waals surface area contributed by atoms with Gasteiger partial charge in [0, 0.05) is 43.6 Å². The number of hydrogen-bond acceptors (Lipinski definition) is 6. The largest absolute Gasteiger partial charge is 0.384 e. The highest BCUT2D eigenvalue weighted by molar-refractivity contribution is 5.78. The number of benzene rings is 1. The summed E-state index contributed by atoms with van der Waals surface area (Å²) in [5, 5.41) is 14.8. The van der Waals surface area contributed by atoms with Crippen molar-refractivity contribution in [3.63, 3.8) is 0 Å². The Labute approximate surface area is 147 Å². The normalized spacial score (nSPS) is 23.5. The Morgan fingerprint density at radius 1 is 1.32 bits per heavy atom. The lowest BCUT2D eigenvalue weighted by atomic mass is 10.0. The van der Waals surface area contributed by atoms with Gasteiger partial charge in [0.1, 0.15) is 5.69 Å². The van der Waals surface area contributed by atoms with E-state index in [2.05, 4.69) is 10.2 Å². The maximum absolute atomic E-state index is 11.5. The second-order valence-electron chi connectivity index (χ2n) is 7.05. The van der Waals surface area contributed by atoms with Gasteiger partial charge < -0.3 is 19.7 Å². The quantitative estimate of drug-likeness (QED) is 0.652. The van der Waals surface area contributed by atoms with Crippen LogP contribution in [0.1, 0.15) is 31.2 Å². The number of hydrogen-bond donors (Lipinski definition) is 1. The fraction of sp³-hybridized carbons (Fsp3) is 0.667. The SMILES string of the molecule is O=[N+]([O-])c1ccc2c(c1N1CCC(OC[C@@H]3CCCO3)CC1)CCN2. The van der Waals surface area contributed by atoms with Gasteiger partial charge in [0.2, 0.25) is 0 Å². The fourth-order valence-corrected chi connectivity index (χ4v) is 4.13. The van der Waals surface area contributed by atoms with E-state index in [0.29, 0.717) is 6.61 Å². The number of nitrogens with zero attached hydrogens (tertiary/aromatic N) is 2. The highest BCUT2D eigenvalue weighted by Gasteiger charge is 2.30. The predicted octanol–water partition coefficient (Wildman–Crippen LogP) is 2.73. The van der Waals surface area contributed by atoms with Gasteiger partial charge in [0.05, 0.1) is 23.7 Å². The van der Waals surface area contributed by atoms with Crippen molar-refractivity contribution < 1.29 is 14.4 Å². The Kier molecular flexibility index (Phi) is 4.76. The van der Waals surface area contributed by atoms with Gasteiger partial charge in [0.15, 0.2) is 0 Å². The summed E-state index contributed by atoms with van der Waals surface area (Å²) >= 11 is 0. The lowest BCUT2D eigenvalue weighted by molar-refractivity contribution is -0.384. The summed E-state index contributed by atoms with van der Waals surface area (Å²) in [6.45, 7) is 3.98. The first kappa shape index (κ1) is 16.6. The zero-order valence-electron chi connectivity index (χ0n) is 14.4. The third-order valence-corrected chi connectivity index (χ3v) is 5.45. The van der Waals surface area contributed by atoms with E-state index in [0.717, 1.165) is 75.3 Å². The van der Waals surface area contributed by atoms with Crippen LogP contribution in [0.25, 0.3) is 0 Å². The molecule has 3 aliphatic rings. The summed E-state index contributed by atoms with van der Waals surface area (Å²) in [6, 6.07) is 3.47. The molecule has 1 atom stereocenters. The van der Waals surface area contributed by atoms with E-state index in [9.17, 15) is 10.1 Å². The highest BCUT2D eigenvalue weighted by atomic mass is 16.6. The van der Waals surface area contributed by atoms with Crippen LogP contribution in [-0.4, -0.2) is 50.0 Å². The van der Waals surface area contributed by atoms with E-state index in [1.807, 2.05) is 6.07 Å². The van der Waals surface area contributed by atoms with Crippen LogP contribution < -0.4 is 10.2 Å². The molecule has 2 fully saturated rings. The van der Waals surface area contributed by atoms with Gasteiger partial charge >= 0.3 is 0 Å². The number of nitro benzene ring substituents is 1. The summed E-state index contributed by atoms with van der Waals surface area (Å²) in [6.07, 6.45) is 5.36. The molecule has 0 saturated carbocycles. The van der Waals surface area contributed by atoms with E-state index in [-0.39, 0.29) is 22.8 Å². The van der Waals surface area contributed by atoms with Gasteiger partial charge in [-0.25, -0.2) is 0 Å². The Morgan fingerprint density at radius 3 is 2.88 bits per heavy atom. The van der Waals surface area contributed by atoms with Crippen LogP contribution in [-0.2, 0) is 15.9 Å². The minimum absolute atomic E-state index is 0.223. The Morgan fingerprint density at radius 2 is 2.16 bits per heavy atom. The molecular formula is C18H25N3O4. The molecule has 3 heterocycles. The van der Waals surface area contributed by atoms with Crippen LogP contribution in [0.15, 0.2) is 12.1 Å². The highest BCUT2D eigenvalue weighted by Crippen LogP contribution is 2.40. The summed E-state index contributed by atoms with van der Waals surface area (Å²) in [7, 11) is 0. The smallest absolute Gasteiger partial charge is 0.292 e. The van der Waals surface area contributed by atoms with E-state index >= 15 is 0 Å². The minimum Gasteiger partial charge on any atom is -0.384 e. The molecule has 0 bridgehead atoms. The Hall–Kier alpha value is -1.86. The van der Waals surface area contributed by atoms with E-state index in [4.69, 9.17) is 9.47 Å². The number of nitrogens with one attached hydrogen (secondary N) is 1. The molecule has 0 aromatic heterocycles. The number of ether oxygens (including phenoxy) is 2. The monoisotopic (exact) mass is 347 g/mol. The molecule has 7 nitrogen and oxygen atoms in total. The zero-order chi connectivity index (χ0) is 17.2. The van der Waals surface area contributed by atoms with Crippen LogP contribution in [0.4, 0.5) is 17.1 Å². The molecule has 0 aliphatic carbocycles. The molecule has 0 spiro atoms. The van der Waals surface area contributed by atoms with E-state index < -0.39 is 0 Å². The van der Waals surface area contributed by atoms with Gasteiger partial charge in [-0.15, -0.1) is 0 Å². The maximum Gasteiger partial charge on any atom is 0.292 e. The van der Waals surface area contributed by atoms with Crippen molar-refractivity contribution >= 4 is 17.1 Å². The van der Waals surface area contributed by atoms with Crippen LogP contribution in [0.2, 0.25) is 0 Å². The van der Waals surface area contributed by atoms with E-state index in [1.54, 1.807) is 6.07 Å². The maximum atomic E-state index is 11.5. The van der Waals surface area contributed by atoms with E-state index in [1.165, 1.54) is 0 Å². The summed E-state index contributed by atoms with van der Waals surface area (Å²) in [5.41, 5.74) is 3.16. The van der Waals surface area contributed by atoms with Crippen LogP contribution in [0.5, 0.6) is 0 Å². The van der Waals surface area contributed by atoms with Gasteiger partial charge in [-0.3, -0.25) is 10.1 Å². The average molecular weight is 347 g/mol. The lowest BCUT2D eigenvalue weighted by Gasteiger charge is -2.34. The first-order valence-electron chi connectivity index (χ1n) is 9.24. The molecule has 0 amide bonds. The zero-order valence-corrected chi connectivity index (χ0v) is 14.4. The first-order valence-corrected chi connectivity index (χ1v) is 9.24. The topological polar surface area (TPSA) is 76.9 Å². The van der Waals surface area contributed by atoms with Crippen LogP contribution >= 0.6 is 0 Å². The van der Waals surface area contributed by atoms with Crippen LogP contribution in [0.3, 0.4) is 0 Å². The Bertz CT molecular complexity index is 637. The molecule has 3 aliphatic heterocycles. The number of nitro groups is 1. The van der Waals surface area contributed by atoms with Crippen molar-refractivity contribution in [1.82, 2.24) is 0 Å². The fourth-order valence-electron chi connectivity index (χ4n) is 4.13. The van der Waals surface area contributed by atoms with Crippen molar-refractivity contribution in [3.05, 3.63) is 27.8 Å². The molecule has 2 saturated heterocycles. The number of rotatable bonds is 5. The Balaban J connectivity index is 1.42. The van der Waals surface area contributed by atoms with Crippen molar-refractivity contribution in [2.45, 2.75) is 44.3 Å². The summed E-state index contributed by atoms with van der Waals surface area (Å²) < 4.78 is 11.6. The minimum atomic E-state index is -0.256. The third kappa shape index (κ3) is 3.43. The predicted molar refractivity (Wildman–Crippen MR) is 95.5 cm³/mol. The number of fused-ring (bicyclic) bond motifs is 1. The average Bonchev–Trinajstić information content (AvgIpc) is 3.30. The van der Waals surface area contributed by atoms with Gasteiger partial charge in [-0.05, 0) is 38.2 Å². The lowest BCUT2D eigenvalue weighted by Crippen LogP contribution is -2.38. The molecule has 1 aromatic carbocycles.